The Morgan fingerprint density at radius 1 is 1.69 bits per heavy atom. The van der Waals surface area contributed by atoms with E-state index in [1.54, 1.807) is 11.9 Å². The van der Waals surface area contributed by atoms with Crippen LogP contribution in [-0.2, 0) is 4.79 Å². The van der Waals surface area contributed by atoms with Gasteiger partial charge in [-0.15, -0.1) is 0 Å². The van der Waals surface area contributed by atoms with Crippen LogP contribution in [-0.4, -0.2) is 34.5 Å². The Labute approximate surface area is 74.7 Å². The minimum atomic E-state index is -0.296. The van der Waals surface area contributed by atoms with Crippen LogP contribution in [0.4, 0.5) is 5.95 Å². The maximum Gasteiger partial charge on any atom is 0.260 e. The third-order valence-corrected chi connectivity index (χ3v) is 2.18. The molecule has 0 spiro atoms. The number of aromatic nitrogens is 2. The van der Waals surface area contributed by atoms with Crippen LogP contribution < -0.4 is 5.73 Å². The standard InChI is InChI=1S/C7H10N4O2/c1-11-3-2-4(6(11)12)5-9-7(8)10-13-5/h4H,2-3H2,1H3,(H2,8,10). The number of hydrogen-bond acceptors (Lipinski definition) is 5. The van der Waals surface area contributed by atoms with Crippen LogP contribution in [0.25, 0.3) is 0 Å². The Morgan fingerprint density at radius 3 is 2.92 bits per heavy atom. The van der Waals surface area contributed by atoms with Crippen LogP contribution in [0.1, 0.15) is 18.2 Å². The molecule has 0 aromatic carbocycles. The lowest BCUT2D eigenvalue weighted by atomic mass is 10.1. The number of nitrogens with zero attached hydrogens (tertiary/aromatic N) is 3. The van der Waals surface area contributed by atoms with Gasteiger partial charge in [-0.25, -0.2) is 0 Å². The molecule has 1 unspecified atom stereocenters. The fraction of sp³-hybridized carbons (Fsp3) is 0.571. The van der Waals surface area contributed by atoms with Crippen molar-refractivity contribution in [3.8, 4) is 0 Å². The van der Waals surface area contributed by atoms with Gasteiger partial charge in [0.1, 0.15) is 5.92 Å². The topological polar surface area (TPSA) is 85.2 Å². The number of likely N-dealkylation sites (tertiary alicyclic amines) is 1. The van der Waals surface area contributed by atoms with Gasteiger partial charge < -0.3 is 15.2 Å². The Hall–Kier alpha value is -1.59. The molecule has 0 aliphatic carbocycles. The van der Waals surface area contributed by atoms with Crippen molar-refractivity contribution in [2.24, 2.45) is 0 Å². The second kappa shape index (κ2) is 2.72. The zero-order valence-corrected chi connectivity index (χ0v) is 7.23. The molecule has 1 aliphatic rings. The van der Waals surface area contributed by atoms with Gasteiger partial charge in [0.15, 0.2) is 0 Å². The van der Waals surface area contributed by atoms with Gasteiger partial charge in [0.25, 0.3) is 5.95 Å². The van der Waals surface area contributed by atoms with E-state index < -0.39 is 0 Å². The largest absolute Gasteiger partial charge is 0.365 e. The monoisotopic (exact) mass is 182 g/mol. The number of likely N-dealkylation sites (N-methyl/N-ethyl adjacent to an activating group) is 1. The molecule has 0 radical (unpaired) electrons. The molecule has 70 valence electrons. The maximum atomic E-state index is 11.5. The van der Waals surface area contributed by atoms with Gasteiger partial charge in [-0.1, -0.05) is 0 Å². The number of nitrogens with two attached hydrogens (primary N) is 1. The van der Waals surface area contributed by atoms with E-state index in [2.05, 4.69) is 10.1 Å². The van der Waals surface area contributed by atoms with Gasteiger partial charge in [-0.3, -0.25) is 4.79 Å². The maximum absolute atomic E-state index is 11.5. The number of carbonyl (C=O) groups is 1. The fourth-order valence-corrected chi connectivity index (χ4v) is 1.44. The van der Waals surface area contributed by atoms with Gasteiger partial charge in [0.2, 0.25) is 11.8 Å². The van der Waals surface area contributed by atoms with E-state index in [-0.39, 0.29) is 17.8 Å². The number of anilines is 1. The molecule has 6 heteroatoms. The first kappa shape index (κ1) is 8.03. The lowest BCUT2D eigenvalue weighted by Crippen LogP contribution is -2.21. The SMILES string of the molecule is CN1CCC(c2nc(N)no2)C1=O. The first-order valence-corrected chi connectivity index (χ1v) is 4.02. The summed E-state index contributed by atoms with van der Waals surface area (Å²) < 4.78 is 4.83. The smallest absolute Gasteiger partial charge is 0.260 e. The van der Waals surface area contributed by atoms with Crippen LogP contribution in [0.5, 0.6) is 0 Å². The Morgan fingerprint density at radius 2 is 2.46 bits per heavy atom. The van der Waals surface area contributed by atoms with E-state index in [0.29, 0.717) is 5.89 Å². The highest BCUT2D eigenvalue weighted by Crippen LogP contribution is 2.26. The van der Waals surface area contributed by atoms with Gasteiger partial charge in [0.05, 0.1) is 0 Å². The van der Waals surface area contributed by atoms with Gasteiger partial charge in [0, 0.05) is 13.6 Å². The molecule has 6 nitrogen and oxygen atoms in total. The molecule has 2 heterocycles. The zero-order chi connectivity index (χ0) is 9.42. The predicted molar refractivity (Wildman–Crippen MR) is 43.7 cm³/mol. The van der Waals surface area contributed by atoms with Crippen LogP contribution in [0.2, 0.25) is 0 Å². The number of rotatable bonds is 1. The highest BCUT2D eigenvalue weighted by atomic mass is 16.5. The molecule has 2 N–H and O–H groups in total. The molecule has 13 heavy (non-hydrogen) atoms. The number of amides is 1. The first-order valence-electron chi connectivity index (χ1n) is 4.02. The molecule has 1 atom stereocenters. The van der Waals surface area contributed by atoms with Gasteiger partial charge >= 0.3 is 0 Å². The summed E-state index contributed by atoms with van der Waals surface area (Å²) in [5.41, 5.74) is 5.29. The Balaban J connectivity index is 2.23. The second-order valence-electron chi connectivity index (χ2n) is 3.09. The van der Waals surface area contributed by atoms with E-state index in [0.717, 1.165) is 13.0 Å². The van der Waals surface area contributed by atoms with Crippen molar-refractivity contribution in [1.29, 1.82) is 0 Å². The first-order chi connectivity index (χ1) is 6.18. The summed E-state index contributed by atoms with van der Waals surface area (Å²) in [7, 11) is 1.75. The summed E-state index contributed by atoms with van der Waals surface area (Å²) >= 11 is 0. The van der Waals surface area contributed by atoms with Gasteiger partial charge in [-0.05, 0) is 11.6 Å². The summed E-state index contributed by atoms with van der Waals surface area (Å²) in [6.45, 7) is 0.728. The average Bonchev–Trinajstić information content (AvgIpc) is 2.62. The van der Waals surface area contributed by atoms with Crippen LogP contribution in [0.3, 0.4) is 0 Å². The molecule has 1 aromatic heterocycles. The Kier molecular flexibility index (Phi) is 1.68. The van der Waals surface area contributed by atoms with Crippen molar-refractivity contribution in [3.05, 3.63) is 5.89 Å². The second-order valence-corrected chi connectivity index (χ2v) is 3.09. The molecule has 0 bridgehead atoms. The highest BCUT2D eigenvalue weighted by Gasteiger charge is 2.34. The summed E-state index contributed by atoms with van der Waals surface area (Å²) in [6.07, 6.45) is 0.719. The van der Waals surface area contributed by atoms with E-state index in [1.807, 2.05) is 0 Å². The fourth-order valence-electron chi connectivity index (χ4n) is 1.44. The van der Waals surface area contributed by atoms with Crippen molar-refractivity contribution in [1.82, 2.24) is 15.0 Å². The predicted octanol–water partition coefficient (Wildman–Crippen LogP) is -0.403. The van der Waals surface area contributed by atoms with E-state index in [1.165, 1.54) is 0 Å². The number of nitrogen functional groups attached to an aromatic ring is 1. The molecule has 1 amide bonds. The molecule has 2 rings (SSSR count). The van der Waals surface area contributed by atoms with Crippen molar-refractivity contribution in [2.45, 2.75) is 12.3 Å². The molecule has 0 saturated carbocycles. The lowest BCUT2D eigenvalue weighted by Gasteiger charge is -2.06. The average molecular weight is 182 g/mol. The van der Waals surface area contributed by atoms with Crippen molar-refractivity contribution in [3.63, 3.8) is 0 Å². The molecule has 1 saturated heterocycles. The Bertz CT molecular complexity index is 335. The third-order valence-electron chi connectivity index (χ3n) is 2.18. The summed E-state index contributed by atoms with van der Waals surface area (Å²) in [4.78, 5) is 16.9. The van der Waals surface area contributed by atoms with E-state index >= 15 is 0 Å². The normalized spacial score (nSPS) is 22.7. The summed E-state index contributed by atoms with van der Waals surface area (Å²) in [6, 6.07) is 0. The minimum Gasteiger partial charge on any atom is -0.365 e. The van der Waals surface area contributed by atoms with E-state index in [9.17, 15) is 4.79 Å². The summed E-state index contributed by atoms with van der Waals surface area (Å²) in [5, 5.41) is 3.44. The molecular formula is C7H10N4O2. The van der Waals surface area contributed by atoms with Crippen molar-refractivity contribution in [2.75, 3.05) is 19.3 Å². The minimum absolute atomic E-state index is 0.0173. The van der Waals surface area contributed by atoms with Crippen LogP contribution in [0, 0.1) is 0 Å². The quantitative estimate of drug-likeness (QED) is 0.638. The van der Waals surface area contributed by atoms with E-state index in [4.69, 9.17) is 10.3 Å². The highest BCUT2D eigenvalue weighted by molar-refractivity contribution is 5.84. The lowest BCUT2D eigenvalue weighted by molar-refractivity contribution is -0.128. The third kappa shape index (κ3) is 1.24. The molecule has 1 aromatic rings. The van der Waals surface area contributed by atoms with Gasteiger partial charge in [-0.2, -0.15) is 4.98 Å². The van der Waals surface area contributed by atoms with Crippen LogP contribution in [0.15, 0.2) is 4.52 Å². The number of hydrogen-bond donors (Lipinski definition) is 1. The zero-order valence-electron chi connectivity index (χ0n) is 7.23. The molecule has 1 aliphatic heterocycles. The summed E-state index contributed by atoms with van der Waals surface area (Å²) in [5.74, 6) is 0.127. The van der Waals surface area contributed by atoms with Crippen molar-refractivity contribution < 1.29 is 9.32 Å². The molecular weight excluding hydrogens is 172 g/mol. The number of carbonyl (C=O) groups excluding carboxylic acids is 1. The van der Waals surface area contributed by atoms with Crippen molar-refractivity contribution >= 4 is 11.9 Å². The van der Waals surface area contributed by atoms with Crippen LogP contribution >= 0.6 is 0 Å². The molecule has 1 fully saturated rings.